The van der Waals surface area contributed by atoms with Gasteiger partial charge in [-0.05, 0) is 29.6 Å². The van der Waals surface area contributed by atoms with Crippen molar-refractivity contribution < 1.29 is 36.2 Å². The molecule has 0 aliphatic heterocycles. The Labute approximate surface area is 137 Å². The van der Waals surface area contributed by atoms with Crippen LogP contribution >= 0.6 is 39.5 Å². The van der Waals surface area contributed by atoms with Crippen molar-refractivity contribution in [2.24, 2.45) is 0 Å². The molecule has 11 heteroatoms. The first-order valence-corrected chi connectivity index (χ1v) is 7.57. The lowest BCUT2D eigenvalue weighted by molar-refractivity contribution is -0.131. The summed E-state index contributed by atoms with van der Waals surface area (Å²) in [7, 11) is 0. The van der Waals surface area contributed by atoms with Gasteiger partial charge in [-0.2, -0.15) is 26.3 Å². The van der Waals surface area contributed by atoms with E-state index in [4.69, 9.17) is 5.11 Å². The third kappa shape index (κ3) is 6.13. The highest BCUT2D eigenvalue weighted by Gasteiger charge is 2.39. The standard InChI is InChI=1S/C11H5BrF6O2S2/c12-6-4-2-1-3-5(6)7(21-10(13,14)15)8(9(19)20)22-11(16,17)18/h1-4H,(H,19,20)/b8-7+. The second-order valence-electron chi connectivity index (χ2n) is 3.54. The fourth-order valence-corrected chi connectivity index (χ4v) is 3.37. The zero-order chi connectivity index (χ0) is 17.1. The van der Waals surface area contributed by atoms with E-state index >= 15 is 0 Å². The van der Waals surface area contributed by atoms with Crippen molar-refractivity contribution in [2.45, 2.75) is 11.0 Å². The Morgan fingerprint density at radius 3 is 1.91 bits per heavy atom. The van der Waals surface area contributed by atoms with Crippen molar-refractivity contribution in [3.05, 3.63) is 39.2 Å². The van der Waals surface area contributed by atoms with E-state index in [1.807, 2.05) is 0 Å². The van der Waals surface area contributed by atoms with Gasteiger partial charge in [0, 0.05) is 14.9 Å². The van der Waals surface area contributed by atoms with Crippen LogP contribution in [0.5, 0.6) is 0 Å². The molecular formula is C11H5BrF6O2S2. The summed E-state index contributed by atoms with van der Waals surface area (Å²) in [5.74, 6) is -2.09. The van der Waals surface area contributed by atoms with E-state index < -0.39 is 50.3 Å². The highest BCUT2D eigenvalue weighted by Crippen LogP contribution is 2.49. The van der Waals surface area contributed by atoms with Crippen molar-refractivity contribution in [2.75, 3.05) is 0 Å². The molecule has 0 bridgehead atoms. The molecule has 122 valence electrons. The van der Waals surface area contributed by atoms with Crippen molar-refractivity contribution in [3.63, 3.8) is 0 Å². The SMILES string of the molecule is O=C(O)/C(SC(F)(F)F)=C(\SC(F)(F)F)c1ccccc1Br. The first kappa shape index (κ1) is 19.2. The Bertz CT molecular complexity index is 597. The lowest BCUT2D eigenvalue weighted by Crippen LogP contribution is -2.10. The molecule has 1 aromatic rings. The maximum Gasteiger partial charge on any atom is 0.446 e. The van der Waals surface area contributed by atoms with E-state index in [9.17, 15) is 31.1 Å². The summed E-state index contributed by atoms with van der Waals surface area (Å²) in [6, 6.07) is 5.11. The van der Waals surface area contributed by atoms with Gasteiger partial charge < -0.3 is 5.11 Å². The van der Waals surface area contributed by atoms with Crippen LogP contribution in [0.1, 0.15) is 5.56 Å². The largest absolute Gasteiger partial charge is 0.477 e. The Hall–Kier alpha value is -0.810. The summed E-state index contributed by atoms with van der Waals surface area (Å²) in [6.07, 6.45) is 0. The zero-order valence-corrected chi connectivity index (χ0v) is 13.3. The molecule has 2 nitrogen and oxygen atoms in total. The van der Waals surface area contributed by atoms with Gasteiger partial charge in [0.05, 0.1) is 0 Å². The second kappa shape index (κ2) is 7.18. The van der Waals surface area contributed by atoms with Gasteiger partial charge in [0.25, 0.3) is 0 Å². The lowest BCUT2D eigenvalue weighted by atomic mass is 10.2. The van der Waals surface area contributed by atoms with E-state index in [1.54, 1.807) is 0 Å². The van der Waals surface area contributed by atoms with Crippen LogP contribution in [-0.2, 0) is 4.79 Å². The molecular weight excluding hydrogens is 422 g/mol. The topological polar surface area (TPSA) is 37.3 Å². The maximum atomic E-state index is 12.6. The molecule has 0 amide bonds. The van der Waals surface area contributed by atoms with Gasteiger partial charge in [-0.3, -0.25) is 0 Å². The number of halogens is 7. The lowest BCUT2D eigenvalue weighted by Gasteiger charge is -2.16. The fourth-order valence-electron chi connectivity index (χ4n) is 1.29. The molecule has 22 heavy (non-hydrogen) atoms. The Morgan fingerprint density at radius 1 is 1.00 bits per heavy atom. The molecule has 0 spiro atoms. The Kier molecular flexibility index (Phi) is 6.27. The molecule has 0 aliphatic carbocycles. The molecule has 0 aliphatic rings. The number of carboxylic acid groups (broad SMARTS) is 1. The molecule has 0 heterocycles. The minimum atomic E-state index is -5.04. The van der Waals surface area contributed by atoms with Gasteiger partial charge in [0.15, 0.2) is 0 Å². The number of alkyl halides is 6. The number of benzene rings is 1. The number of carbonyl (C=O) groups is 1. The van der Waals surface area contributed by atoms with E-state index in [0.29, 0.717) is 0 Å². The Balaban J connectivity index is 3.55. The summed E-state index contributed by atoms with van der Waals surface area (Å²) in [4.78, 5) is 8.54. The maximum absolute atomic E-state index is 12.6. The van der Waals surface area contributed by atoms with Crippen LogP contribution in [-0.4, -0.2) is 22.1 Å². The third-order valence-corrected chi connectivity index (χ3v) is 4.45. The van der Waals surface area contributed by atoms with Gasteiger partial charge in [0.2, 0.25) is 0 Å². The molecule has 1 N–H and O–H groups in total. The van der Waals surface area contributed by atoms with Crippen LogP contribution in [0.2, 0.25) is 0 Å². The molecule has 0 saturated carbocycles. The predicted molar refractivity (Wildman–Crippen MR) is 76.0 cm³/mol. The van der Waals surface area contributed by atoms with Gasteiger partial charge in [-0.1, -0.05) is 34.1 Å². The van der Waals surface area contributed by atoms with Crippen molar-refractivity contribution in [1.29, 1.82) is 0 Å². The average molecular weight is 427 g/mol. The molecule has 0 unspecified atom stereocenters. The van der Waals surface area contributed by atoms with Gasteiger partial charge in [0.1, 0.15) is 4.91 Å². The summed E-state index contributed by atoms with van der Waals surface area (Å²) >= 11 is 0.898. The van der Waals surface area contributed by atoms with Gasteiger partial charge in [-0.15, -0.1) is 0 Å². The van der Waals surface area contributed by atoms with E-state index in [0.717, 1.165) is 6.07 Å². The third-order valence-electron chi connectivity index (χ3n) is 1.95. The van der Waals surface area contributed by atoms with Crippen molar-refractivity contribution in [1.82, 2.24) is 0 Å². The van der Waals surface area contributed by atoms with Crippen LogP contribution < -0.4 is 0 Å². The molecule has 0 saturated heterocycles. The smallest absolute Gasteiger partial charge is 0.446 e. The molecule has 0 fully saturated rings. The van der Waals surface area contributed by atoms with E-state index in [2.05, 4.69) is 15.9 Å². The minimum Gasteiger partial charge on any atom is -0.477 e. The molecule has 0 atom stereocenters. The van der Waals surface area contributed by atoms with Crippen LogP contribution in [0.4, 0.5) is 26.3 Å². The highest BCUT2D eigenvalue weighted by molar-refractivity contribution is 9.10. The highest BCUT2D eigenvalue weighted by atomic mass is 79.9. The quantitative estimate of drug-likeness (QED) is 0.494. The summed E-state index contributed by atoms with van der Waals surface area (Å²) in [6.45, 7) is 0. The number of hydrogen-bond acceptors (Lipinski definition) is 3. The van der Waals surface area contributed by atoms with E-state index in [1.165, 1.54) is 18.2 Å². The van der Waals surface area contributed by atoms with Crippen LogP contribution in [0.25, 0.3) is 4.91 Å². The molecule has 0 radical (unpaired) electrons. The number of thioether (sulfide) groups is 2. The number of carboxylic acids is 1. The number of hydrogen-bond donors (Lipinski definition) is 1. The van der Waals surface area contributed by atoms with Crippen molar-refractivity contribution in [3.8, 4) is 0 Å². The van der Waals surface area contributed by atoms with Gasteiger partial charge in [-0.25, -0.2) is 4.79 Å². The number of aliphatic carboxylic acids is 1. The Morgan fingerprint density at radius 2 is 1.50 bits per heavy atom. The summed E-state index contributed by atoms with van der Waals surface area (Å²) in [5, 5.41) is 8.88. The van der Waals surface area contributed by atoms with Crippen LogP contribution in [0, 0.1) is 0 Å². The van der Waals surface area contributed by atoms with E-state index in [-0.39, 0.29) is 10.0 Å². The first-order chi connectivity index (χ1) is 9.91. The zero-order valence-electron chi connectivity index (χ0n) is 10.1. The van der Waals surface area contributed by atoms with Crippen molar-refractivity contribution >= 4 is 50.3 Å². The minimum absolute atomic E-state index is 0.0447. The normalized spacial score (nSPS) is 13.8. The van der Waals surface area contributed by atoms with Crippen LogP contribution in [0.15, 0.2) is 33.6 Å². The average Bonchev–Trinajstić information content (AvgIpc) is 2.32. The monoisotopic (exact) mass is 426 g/mol. The van der Waals surface area contributed by atoms with Gasteiger partial charge >= 0.3 is 17.0 Å². The predicted octanol–water partition coefficient (Wildman–Crippen LogP) is 5.71. The fraction of sp³-hybridized carbons (Fsp3) is 0.182. The van der Waals surface area contributed by atoms with Crippen LogP contribution in [0.3, 0.4) is 0 Å². The summed E-state index contributed by atoms with van der Waals surface area (Å²) < 4.78 is 75.2. The second-order valence-corrected chi connectivity index (χ2v) is 6.54. The first-order valence-electron chi connectivity index (χ1n) is 5.14. The molecule has 1 rings (SSSR count). The summed E-state index contributed by atoms with van der Waals surface area (Å²) in [5.41, 5.74) is -10.3. The molecule has 0 aromatic heterocycles. The molecule has 1 aromatic carbocycles. The number of rotatable bonds is 4.